The van der Waals surface area contributed by atoms with Crippen molar-refractivity contribution in [1.82, 2.24) is 0 Å². The van der Waals surface area contributed by atoms with Gasteiger partial charge in [-0.1, -0.05) is 12.1 Å². The summed E-state index contributed by atoms with van der Waals surface area (Å²) in [5.74, 6) is -0.390. The molecule has 0 bridgehead atoms. The molecule has 2 aliphatic heterocycles. The first-order chi connectivity index (χ1) is 16.4. The zero-order valence-electron chi connectivity index (χ0n) is 19.7. The fraction of sp³-hybridized carbons (Fsp3) is 0.462. The number of benzene rings is 2. The number of aliphatic carboxylic acids is 2. The zero-order chi connectivity index (χ0) is 24.2. The molecule has 8 nitrogen and oxygen atoms in total. The molecule has 0 saturated carbocycles. The molecule has 0 aromatic heterocycles. The van der Waals surface area contributed by atoms with E-state index in [0.29, 0.717) is 37.4 Å². The summed E-state index contributed by atoms with van der Waals surface area (Å²) in [6.45, 7) is 1.35. The third kappa shape index (κ3) is 4.62. The van der Waals surface area contributed by atoms with Crippen LogP contribution in [-0.2, 0) is 9.59 Å². The Hall–Kier alpha value is -3.42. The predicted molar refractivity (Wildman–Crippen MR) is 130 cm³/mol. The summed E-state index contributed by atoms with van der Waals surface area (Å²) in [5.41, 5.74) is 3.37. The number of hydrogen-bond donors (Lipinski definition) is 2. The van der Waals surface area contributed by atoms with Crippen LogP contribution in [-0.4, -0.2) is 61.5 Å². The van der Waals surface area contributed by atoms with Crippen LogP contribution in [0.4, 0.5) is 11.4 Å². The number of piperidine rings is 2. The van der Waals surface area contributed by atoms with Crippen LogP contribution in [0, 0.1) is 0 Å². The Labute approximate surface area is 199 Å². The molecule has 0 amide bonds. The number of carboxylic acid groups (broad SMARTS) is 2. The minimum Gasteiger partial charge on any atom is -0.495 e. The van der Waals surface area contributed by atoms with Crippen molar-refractivity contribution in [2.24, 2.45) is 0 Å². The van der Waals surface area contributed by atoms with Crippen LogP contribution in [0.15, 0.2) is 36.4 Å². The number of carbonyl (C=O) groups is 2. The van der Waals surface area contributed by atoms with Crippen molar-refractivity contribution in [3.05, 3.63) is 36.4 Å². The van der Waals surface area contributed by atoms with Crippen LogP contribution in [0.1, 0.15) is 38.5 Å². The second-order valence-corrected chi connectivity index (χ2v) is 8.86. The lowest BCUT2D eigenvalue weighted by atomic mass is 9.98. The summed E-state index contributed by atoms with van der Waals surface area (Å²) in [7, 11) is 3.18. The van der Waals surface area contributed by atoms with Gasteiger partial charge < -0.3 is 29.5 Å². The first-order valence-corrected chi connectivity index (χ1v) is 11.8. The summed E-state index contributed by atoms with van der Waals surface area (Å²) in [5, 5.41) is 19.3. The van der Waals surface area contributed by atoms with E-state index in [4.69, 9.17) is 9.47 Å². The number of ether oxygens (including phenoxy) is 2. The fourth-order valence-corrected chi connectivity index (χ4v) is 5.14. The first-order valence-electron chi connectivity index (χ1n) is 11.8. The van der Waals surface area contributed by atoms with Crippen molar-refractivity contribution in [2.75, 3.05) is 37.1 Å². The standard InChI is InChI=1S/C26H32N2O6/c1-33-23-15-17(9-11-19(23)27-13-5-3-7-21(27)25(29)30)18-10-12-20(24(16-18)34-2)28-14-6-4-8-22(28)26(31)32/h9-12,15-16,21-22H,3-8,13-14H2,1-2H3,(H,29,30)(H,31,32). The average Bonchev–Trinajstić information content (AvgIpc) is 2.87. The molecule has 2 unspecified atom stereocenters. The minimum atomic E-state index is -0.816. The van der Waals surface area contributed by atoms with Crippen molar-refractivity contribution in [3.63, 3.8) is 0 Å². The van der Waals surface area contributed by atoms with Crippen LogP contribution < -0.4 is 19.3 Å². The highest BCUT2D eigenvalue weighted by atomic mass is 16.5. The maximum Gasteiger partial charge on any atom is 0.326 e. The summed E-state index contributed by atoms with van der Waals surface area (Å²) >= 11 is 0. The number of hydrogen-bond acceptors (Lipinski definition) is 6. The Bertz CT molecular complexity index is 972. The van der Waals surface area contributed by atoms with Crippen LogP contribution in [0.25, 0.3) is 11.1 Å². The van der Waals surface area contributed by atoms with Gasteiger partial charge in [0, 0.05) is 13.1 Å². The molecular formula is C26H32N2O6. The molecule has 2 saturated heterocycles. The summed E-state index contributed by atoms with van der Waals surface area (Å²) in [6.07, 6.45) is 4.93. The normalized spacial score (nSPS) is 20.6. The smallest absolute Gasteiger partial charge is 0.326 e. The van der Waals surface area contributed by atoms with E-state index in [1.165, 1.54) is 0 Å². The van der Waals surface area contributed by atoms with Crippen molar-refractivity contribution in [1.29, 1.82) is 0 Å². The summed E-state index contributed by atoms with van der Waals surface area (Å²) in [4.78, 5) is 27.4. The largest absolute Gasteiger partial charge is 0.495 e. The molecule has 0 aliphatic carbocycles. The van der Waals surface area contributed by atoms with E-state index in [9.17, 15) is 19.8 Å². The Morgan fingerprint density at radius 1 is 0.735 bits per heavy atom. The Morgan fingerprint density at radius 3 is 1.50 bits per heavy atom. The van der Waals surface area contributed by atoms with E-state index in [0.717, 1.165) is 48.2 Å². The highest BCUT2D eigenvalue weighted by Gasteiger charge is 2.32. The van der Waals surface area contributed by atoms with Crippen LogP contribution in [0.2, 0.25) is 0 Å². The summed E-state index contributed by atoms with van der Waals surface area (Å²) < 4.78 is 11.3. The second-order valence-electron chi connectivity index (χ2n) is 8.86. The lowest BCUT2D eigenvalue weighted by Gasteiger charge is -2.36. The molecule has 0 radical (unpaired) electrons. The van der Waals surface area contributed by atoms with Crippen molar-refractivity contribution < 1.29 is 29.3 Å². The van der Waals surface area contributed by atoms with E-state index in [2.05, 4.69) is 0 Å². The third-order valence-electron chi connectivity index (χ3n) is 6.89. The van der Waals surface area contributed by atoms with Crippen molar-refractivity contribution >= 4 is 23.3 Å². The molecule has 2 aromatic carbocycles. The number of carboxylic acids is 2. The van der Waals surface area contributed by atoms with Gasteiger partial charge in [-0.2, -0.15) is 0 Å². The lowest BCUT2D eigenvalue weighted by molar-refractivity contribution is -0.140. The number of methoxy groups -OCH3 is 2. The van der Waals surface area contributed by atoms with E-state index in [-0.39, 0.29) is 0 Å². The van der Waals surface area contributed by atoms with Crippen LogP contribution in [0.3, 0.4) is 0 Å². The van der Waals surface area contributed by atoms with E-state index in [1.807, 2.05) is 46.2 Å². The first kappa shape index (κ1) is 23.7. The molecule has 4 rings (SSSR count). The maximum absolute atomic E-state index is 11.8. The lowest BCUT2D eigenvalue weighted by Crippen LogP contribution is -2.45. The van der Waals surface area contributed by atoms with Crippen molar-refractivity contribution in [3.8, 4) is 22.6 Å². The average molecular weight is 469 g/mol. The van der Waals surface area contributed by atoms with Gasteiger partial charge >= 0.3 is 11.9 Å². The highest BCUT2D eigenvalue weighted by molar-refractivity contribution is 5.83. The fourth-order valence-electron chi connectivity index (χ4n) is 5.14. The van der Waals surface area contributed by atoms with Gasteiger partial charge in [0.05, 0.1) is 25.6 Å². The molecule has 182 valence electrons. The maximum atomic E-state index is 11.8. The SMILES string of the molecule is COc1cc(-c2ccc(N3CCCCC3C(=O)O)c(OC)c2)ccc1N1CCCCC1C(=O)O. The molecular weight excluding hydrogens is 436 g/mol. The third-order valence-corrected chi connectivity index (χ3v) is 6.89. The summed E-state index contributed by atoms with van der Waals surface area (Å²) in [6, 6.07) is 10.5. The quantitative estimate of drug-likeness (QED) is 0.622. The number of anilines is 2. The van der Waals surface area contributed by atoms with E-state index in [1.54, 1.807) is 14.2 Å². The molecule has 2 atom stereocenters. The van der Waals surface area contributed by atoms with Crippen molar-refractivity contribution in [2.45, 2.75) is 50.6 Å². The van der Waals surface area contributed by atoms with Gasteiger partial charge in [-0.3, -0.25) is 0 Å². The monoisotopic (exact) mass is 468 g/mol. The zero-order valence-corrected chi connectivity index (χ0v) is 19.7. The van der Waals surface area contributed by atoms with Crippen LogP contribution >= 0.6 is 0 Å². The Morgan fingerprint density at radius 2 is 1.15 bits per heavy atom. The highest BCUT2D eigenvalue weighted by Crippen LogP contribution is 2.40. The molecule has 2 aromatic rings. The van der Waals surface area contributed by atoms with Gasteiger partial charge in [-0.15, -0.1) is 0 Å². The predicted octanol–water partition coefficient (Wildman–Crippen LogP) is 4.26. The van der Waals surface area contributed by atoms with E-state index < -0.39 is 24.0 Å². The van der Waals surface area contributed by atoms with Gasteiger partial charge in [0.1, 0.15) is 23.6 Å². The topological polar surface area (TPSA) is 99.5 Å². The molecule has 34 heavy (non-hydrogen) atoms. The molecule has 0 spiro atoms. The molecule has 8 heteroatoms. The molecule has 2 aliphatic rings. The number of rotatable bonds is 7. The second kappa shape index (κ2) is 10.2. The van der Waals surface area contributed by atoms with Gasteiger partial charge in [-0.25, -0.2) is 9.59 Å². The Balaban J connectivity index is 1.67. The number of nitrogens with zero attached hydrogens (tertiary/aromatic N) is 2. The molecule has 2 heterocycles. The van der Waals surface area contributed by atoms with Crippen LogP contribution in [0.5, 0.6) is 11.5 Å². The van der Waals surface area contributed by atoms with Gasteiger partial charge in [0.25, 0.3) is 0 Å². The Kier molecular flexibility index (Phi) is 7.14. The van der Waals surface area contributed by atoms with Gasteiger partial charge in [0.15, 0.2) is 0 Å². The minimum absolute atomic E-state index is 0.556. The van der Waals surface area contributed by atoms with E-state index >= 15 is 0 Å². The molecule has 2 fully saturated rings. The van der Waals surface area contributed by atoms with Gasteiger partial charge in [-0.05, 0) is 73.9 Å². The molecule has 2 N–H and O–H groups in total. The van der Waals surface area contributed by atoms with Gasteiger partial charge in [0.2, 0.25) is 0 Å².